The Morgan fingerprint density at radius 1 is 1.00 bits per heavy atom. The Hall–Kier alpha value is -2.27. The monoisotopic (exact) mass is 326 g/mol. The molecule has 20 heavy (non-hydrogen) atoms. The zero-order valence-corrected chi connectivity index (χ0v) is 12.0. The van der Waals surface area contributed by atoms with Crippen molar-refractivity contribution in [1.29, 1.82) is 0 Å². The van der Waals surface area contributed by atoms with E-state index in [1.165, 1.54) is 0 Å². The van der Waals surface area contributed by atoms with Gasteiger partial charge < -0.3 is 15.3 Å². The second kappa shape index (κ2) is 4.38. The van der Waals surface area contributed by atoms with Crippen molar-refractivity contribution in [3.05, 3.63) is 53.1 Å². The zero-order valence-electron chi connectivity index (χ0n) is 10.4. The lowest BCUT2D eigenvalue weighted by Gasteiger charge is -2.01. The number of aromatic nitrogens is 3. The number of hydrogen-bond donors (Lipinski definition) is 3. The summed E-state index contributed by atoms with van der Waals surface area (Å²) in [7, 11) is 0. The van der Waals surface area contributed by atoms with Crippen LogP contribution in [0.25, 0.3) is 21.9 Å². The molecule has 0 aliphatic carbocycles. The molecule has 0 bridgehead atoms. The van der Waals surface area contributed by atoms with Gasteiger partial charge in [-0.05, 0) is 24.3 Å². The van der Waals surface area contributed by atoms with Gasteiger partial charge in [0, 0.05) is 21.6 Å². The van der Waals surface area contributed by atoms with E-state index in [1.54, 1.807) is 0 Å². The van der Waals surface area contributed by atoms with Gasteiger partial charge >= 0.3 is 0 Å². The highest BCUT2D eigenvalue weighted by molar-refractivity contribution is 9.10. The molecule has 2 heterocycles. The molecule has 5 heteroatoms. The Kier molecular flexibility index (Phi) is 2.53. The molecule has 4 nitrogen and oxygen atoms in total. The van der Waals surface area contributed by atoms with Crippen LogP contribution in [-0.2, 0) is 0 Å². The number of anilines is 2. The molecule has 0 aliphatic heterocycles. The summed E-state index contributed by atoms with van der Waals surface area (Å²) in [5.41, 5.74) is 4.05. The summed E-state index contributed by atoms with van der Waals surface area (Å²) in [6, 6.07) is 14.1. The minimum absolute atomic E-state index is 0.739. The molecular formula is C15H11BrN4. The summed E-state index contributed by atoms with van der Waals surface area (Å²) < 4.78 is 1.05. The van der Waals surface area contributed by atoms with Crippen LogP contribution in [0.3, 0.4) is 0 Å². The first kappa shape index (κ1) is 11.5. The smallest absolute Gasteiger partial charge is 0.205 e. The molecular weight excluding hydrogens is 316 g/mol. The topological polar surface area (TPSA) is 56.5 Å². The number of aromatic amines is 2. The second-order valence-corrected chi connectivity index (χ2v) is 5.45. The zero-order chi connectivity index (χ0) is 13.5. The van der Waals surface area contributed by atoms with Crippen LogP contribution in [0, 0.1) is 0 Å². The predicted octanol–water partition coefficient (Wildman–Crippen LogP) is 4.55. The van der Waals surface area contributed by atoms with Crippen LogP contribution in [0.5, 0.6) is 0 Å². The van der Waals surface area contributed by atoms with E-state index in [-0.39, 0.29) is 0 Å². The summed E-state index contributed by atoms with van der Waals surface area (Å²) in [5, 5.41) is 4.45. The molecule has 0 saturated heterocycles. The minimum Gasteiger partial charge on any atom is -0.359 e. The van der Waals surface area contributed by atoms with Gasteiger partial charge in [-0.25, -0.2) is 4.98 Å². The van der Waals surface area contributed by atoms with Crippen LogP contribution in [0.4, 0.5) is 11.6 Å². The SMILES string of the molecule is Brc1cccc2[nH]cc(Nc3nc4ccccc4[nH]3)c12. The molecule has 0 fully saturated rings. The molecule has 0 atom stereocenters. The Balaban J connectivity index is 1.80. The maximum Gasteiger partial charge on any atom is 0.205 e. The third kappa shape index (κ3) is 1.78. The van der Waals surface area contributed by atoms with E-state index in [0.29, 0.717) is 0 Å². The number of rotatable bonds is 2. The third-order valence-corrected chi connectivity index (χ3v) is 3.96. The molecule has 4 aromatic rings. The molecule has 0 spiro atoms. The number of para-hydroxylation sites is 2. The normalized spacial score (nSPS) is 11.2. The lowest BCUT2D eigenvalue weighted by molar-refractivity contribution is 1.31. The average molecular weight is 327 g/mol. The summed E-state index contributed by atoms with van der Waals surface area (Å²) in [6.45, 7) is 0. The van der Waals surface area contributed by atoms with Crippen molar-refractivity contribution in [2.75, 3.05) is 5.32 Å². The van der Waals surface area contributed by atoms with Crippen LogP contribution in [-0.4, -0.2) is 15.0 Å². The molecule has 0 radical (unpaired) electrons. The van der Waals surface area contributed by atoms with E-state index in [1.807, 2.05) is 48.7 Å². The Morgan fingerprint density at radius 3 is 2.75 bits per heavy atom. The van der Waals surface area contributed by atoms with Gasteiger partial charge in [-0.2, -0.15) is 0 Å². The van der Waals surface area contributed by atoms with Gasteiger partial charge in [-0.1, -0.05) is 34.1 Å². The number of fused-ring (bicyclic) bond motifs is 2. The van der Waals surface area contributed by atoms with Gasteiger partial charge in [0.1, 0.15) is 0 Å². The van der Waals surface area contributed by atoms with Gasteiger partial charge in [0.2, 0.25) is 5.95 Å². The maximum absolute atomic E-state index is 4.53. The molecule has 0 amide bonds. The van der Waals surface area contributed by atoms with Crippen LogP contribution >= 0.6 is 15.9 Å². The third-order valence-electron chi connectivity index (χ3n) is 3.30. The summed E-state index contributed by atoms with van der Waals surface area (Å²) in [4.78, 5) is 11.0. The Bertz CT molecular complexity index is 873. The lowest BCUT2D eigenvalue weighted by Crippen LogP contribution is -1.91. The van der Waals surface area contributed by atoms with Crippen molar-refractivity contribution < 1.29 is 0 Å². The van der Waals surface area contributed by atoms with E-state index in [4.69, 9.17) is 0 Å². The Morgan fingerprint density at radius 2 is 1.85 bits per heavy atom. The van der Waals surface area contributed by atoms with E-state index >= 15 is 0 Å². The summed E-state index contributed by atoms with van der Waals surface area (Å²) in [5.74, 6) is 0.739. The van der Waals surface area contributed by atoms with E-state index in [9.17, 15) is 0 Å². The van der Waals surface area contributed by atoms with E-state index in [0.717, 1.165) is 38.0 Å². The van der Waals surface area contributed by atoms with Crippen LogP contribution < -0.4 is 5.32 Å². The Labute approximate surface area is 123 Å². The number of imidazole rings is 1. The van der Waals surface area contributed by atoms with Crippen molar-refractivity contribution in [1.82, 2.24) is 15.0 Å². The van der Waals surface area contributed by atoms with Crippen molar-refractivity contribution in [2.24, 2.45) is 0 Å². The van der Waals surface area contributed by atoms with Crippen LogP contribution in [0.1, 0.15) is 0 Å². The average Bonchev–Trinajstić information content (AvgIpc) is 3.03. The fourth-order valence-corrected chi connectivity index (χ4v) is 2.96. The number of H-pyrrole nitrogens is 2. The fraction of sp³-hybridized carbons (Fsp3) is 0. The number of hydrogen-bond acceptors (Lipinski definition) is 2. The lowest BCUT2D eigenvalue weighted by atomic mass is 10.2. The van der Waals surface area contributed by atoms with Gasteiger partial charge in [-0.15, -0.1) is 0 Å². The molecule has 98 valence electrons. The minimum atomic E-state index is 0.739. The standard InChI is InChI=1S/C15H11BrN4/c16-9-4-3-7-12-14(9)13(8-17-12)20-15-18-10-5-1-2-6-11(10)19-15/h1-8,17H,(H2,18,19,20). The summed E-state index contributed by atoms with van der Waals surface area (Å²) in [6.07, 6.45) is 1.95. The number of benzene rings is 2. The van der Waals surface area contributed by atoms with Crippen molar-refractivity contribution >= 4 is 49.5 Å². The maximum atomic E-state index is 4.53. The van der Waals surface area contributed by atoms with Crippen molar-refractivity contribution in [3.8, 4) is 0 Å². The predicted molar refractivity (Wildman–Crippen MR) is 85.4 cm³/mol. The van der Waals surface area contributed by atoms with Crippen LogP contribution in [0.2, 0.25) is 0 Å². The molecule has 0 saturated carbocycles. The molecule has 4 rings (SSSR count). The molecule has 0 unspecified atom stereocenters. The van der Waals surface area contributed by atoms with Gasteiger partial charge in [0.25, 0.3) is 0 Å². The first-order valence-corrected chi connectivity index (χ1v) is 7.08. The molecule has 2 aromatic carbocycles. The van der Waals surface area contributed by atoms with Crippen LogP contribution in [0.15, 0.2) is 53.1 Å². The number of nitrogens with one attached hydrogen (secondary N) is 3. The summed E-state index contributed by atoms with van der Waals surface area (Å²) >= 11 is 3.58. The van der Waals surface area contributed by atoms with E-state index < -0.39 is 0 Å². The highest BCUT2D eigenvalue weighted by Crippen LogP contribution is 2.32. The van der Waals surface area contributed by atoms with Gasteiger partial charge in [0.05, 0.1) is 16.7 Å². The second-order valence-electron chi connectivity index (χ2n) is 4.59. The highest BCUT2D eigenvalue weighted by Gasteiger charge is 2.09. The quantitative estimate of drug-likeness (QED) is 0.506. The van der Waals surface area contributed by atoms with Gasteiger partial charge in [0.15, 0.2) is 0 Å². The van der Waals surface area contributed by atoms with Gasteiger partial charge in [-0.3, -0.25) is 0 Å². The molecule has 3 N–H and O–H groups in total. The molecule has 2 aromatic heterocycles. The first-order valence-electron chi connectivity index (χ1n) is 6.28. The van der Waals surface area contributed by atoms with Crippen molar-refractivity contribution in [2.45, 2.75) is 0 Å². The largest absolute Gasteiger partial charge is 0.359 e. The number of nitrogens with zero attached hydrogens (tertiary/aromatic N) is 1. The van der Waals surface area contributed by atoms with E-state index in [2.05, 4.69) is 36.2 Å². The fourth-order valence-electron chi connectivity index (χ4n) is 2.38. The first-order chi connectivity index (χ1) is 9.81. The highest BCUT2D eigenvalue weighted by atomic mass is 79.9. The van der Waals surface area contributed by atoms with Crippen molar-refractivity contribution in [3.63, 3.8) is 0 Å². The molecule has 0 aliphatic rings. The number of halogens is 1.